The number of rotatable bonds is 2. The summed E-state index contributed by atoms with van der Waals surface area (Å²) in [6.07, 6.45) is -0.790. The molecule has 9 heteroatoms. The third-order valence-electron chi connectivity index (χ3n) is 2.72. The van der Waals surface area contributed by atoms with Crippen molar-refractivity contribution in [3.05, 3.63) is 30.6 Å². The second kappa shape index (κ2) is 5.43. The number of aliphatic hydroxyl groups is 3. The van der Waals surface area contributed by atoms with Crippen molar-refractivity contribution in [1.82, 2.24) is 9.55 Å². The molecule has 0 spiro atoms. The van der Waals surface area contributed by atoms with Crippen molar-refractivity contribution < 1.29 is 15.3 Å². The molecule has 2 unspecified atom stereocenters. The van der Waals surface area contributed by atoms with Crippen molar-refractivity contribution >= 4 is 37.5 Å². The topological polar surface area (TPSA) is 116 Å². The molecule has 1 aromatic rings. The zero-order chi connectivity index (χ0) is 13.4. The summed E-state index contributed by atoms with van der Waals surface area (Å²) in [6, 6.07) is 0. The number of H-pyrrole nitrogens is 1. The molecule has 0 bridgehead atoms. The van der Waals surface area contributed by atoms with Crippen molar-refractivity contribution in [3.63, 3.8) is 0 Å². The minimum absolute atomic E-state index is 0.232. The van der Waals surface area contributed by atoms with Gasteiger partial charge in [-0.3, -0.25) is 0 Å². The first-order chi connectivity index (χ1) is 8.45. The number of aromatic amines is 1. The molecule has 1 aliphatic heterocycles. The Balaban J connectivity index is 2.42. The third-order valence-corrected chi connectivity index (χ3v) is 6.76. The van der Waals surface area contributed by atoms with Crippen LogP contribution < -0.4 is 11.2 Å². The number of halogens is 1. The molecule has 1 fully saturated rings. The van der Waals surface area contributed by atoms with Gasteiger partial charge in [0.1, 0.15) is 0 Å². The molecular weight excluding hydrogens is 422 g/mol. The summed E-state index contributed by atoms with van der Waals surface area (Å²) < 4.78 is 1.56. The number of aromatic nitrogens is 2. The monoisotopic (exact) mass is 434 g/mol. The molecule has 1 saturated heterocycles. The Kier molecular flexibility index (Phi) is 4.29. The molecule has 2 rings (SSSR count). The molecule has 1 aromatic heterocycles. The second-order valence-electron chi connectivity index (χ2n) is 3.87. The summed E-state index contributed by atoms with van der Waals surface area (Å²) in [5, 5.41) is 28.7. The van der Waals surface area contributed by atoms with Gasteiger partial charge in [0.05, 0.1) is 0 Å². The average molecular weight is 433 g/mol. The number of aliphatic hydroxyl groups excluding tert-OH is 3. The van der Waals surface area contributed by atoms with Crippen LogP contribution in [0.3, 0.4) is 0 Å². The summed E-state index contributed by atoms with van der Waals surface area (Å²) in [5.41, 5.74) is -1.09. The van der Waals surface area contributed by atoms with E-state index in [0.29, 0.717) is 3.57 Å². The summed E-state index contributed by atoms with van der Waals surface area (Å²) >= 11 is 1.46. The minimum atomic E-state index is -1.11. The van der Waals surface area contributed by atoms with Crippen LogP contribution in [0.2, 0.25) is 4.82 Å². The van der Waals surface area contributed by atoms with Crippen molar-refractivity contribution in [2.24, 2.45) is 0 Å². The Hall–Kier alpha value is -0.191. The number of hydrogen-bond donors (Lipinski definition) is 4. The van der Waals surface area contributed by atoms with Crippen LogP contribution >= 0.6 is 22.6 Å². The van der Waals surface area contributed by atoms with E-state index in [4.69, 9.17) is 5.11 Å². The van der Waals surface area contributed by atoms with Gasteiger partial charge in [0.2, 0.25) is 0 Å². The summed E-state index contributed by atoms with van der Waals surface area (Å²) in [7, 11) is 0. The number of nitrogens with one attached hydrogen (secondary N) is 1. The quantitative estimate of drug-likeness (QED) is 0.314. The van der Waals surface area contributed by atoms with E-state index in [-0.39, 0.29) is 21.6 Å². The van der Waals surface area contributed by atoms with Crippen molar-refractivity contribution in [2.75, 3.05) is 6.61 Å². The Labute approximate surface area is 121 Å². The number of nitrogens with zero attached hydrogens (tertiary/aromatic N) is 1. The standard InChI is InChI=1S/C9H11IN2O5Se/c10-3-1-12(9(17)11-7(3)16)8-6(15)5(14)4(2-13)18-8/h1,4-6,8,13-15H,2H2,(H,11,16,17)/t4-,5?,6?,8-/m1/s1. The Morgan fingerprint density at radius 3 is 2.61 bits per heavy atom. The normalized spacial score (nSPS) is 31.8. The van der Waals surface area contributed by atoms with Gasteiger partial charge in [-0.1, -0.05) is 0 Å². The van der Waals surface area contributed by atoms with Crippen LogP contribution in [-0.2, 0) is 0 Å². The molecule has 0 aliphatic carbocycles. The SMILES string of the molecule is O=c1[nH]c(=O)n([C@@H]2[Se][C@H](CO)C(O)C2O)cc1I. The summed E-state index contributed by atoms with van der Waals surface area (Å²) in [4.78, 5) is 24.1. The van der Waals surface area contributed by atoms with Crippen LogP contribution in [0.1, 0.15) is 4.94 Å². The fraction of sp³-hybridized carbons (Fsp3) is 0.556. The maximum absolute atomic E-state index is 11.7. The van der Waals surface area contributed by atoms with E-state index < -0.39 is 33.2 Å². The molecule has 0 radical (unpaired) electrons. The van der Waals surface area contributed by atoms with E-state index in [9.17, 15) is 19.8 Å². The van der Waals surface area contributed by atoms with Crippen LogP contribution in [0.15, 0.2) is 15.8 Å². The van der Waals surface area contributed by atoms with Gasteiger partial charge in [0.25, 0.3) is 0 Å². The van der Waals surface area contributed by atoms with E-state index in [0.717, 1.165) is 0 Å². The van der Waals surface area contributed by atoms with Crippen LogP contribution in [0.5, 0.6) is 0 Å². The van der Waals surface area contributed by atoms with E-state index in [1.54, 1.807) is 22.6 Å². The summed E-state index contributed by atoms with van der Waals surface area (Å²) in [6.45, 7) is -0.232. The molecule has 0 aromatic carbocycles. The van der Waals surface area contributed by atoms with Crippen molar-refractivity contribution in [1.29, 1.82) is 0 Å². The predicted molar refractivity (Wildman–Crippen MR) is 71.7 cm³/mol. The van der Waals surface area contributed by atoms with Gasteiger partial charge in [0, 0.05) is 0 Å². The molecule has 18 heavy (non-hydrogen) atoms. The molecule has 4 N–H and O–H groups in total. The number of hydrogen-bond acceptors (Lipinski definition) is 5. The van der Waals surface area contributed by atoms with Crippen LogP contribution in [0, 0.1) is 3.57 Å². The summed E-state index contributed by atoms with van der Waals surface area (Å²) in [5.74, 6) is 0. The van der Waals surface area contributed by atoms with Crippen LogP contribution in [0.4, 0.5) is 0 Å². The van der Waals surface area contributed by atoms with Gasteiger partial charge < -0.3 is 0 Å². The molecule has 0 amide bonds. The fourth-order valence-electron chi connectivity index (χ4n) is 1.76. The molecule has 4 atom stereocenters. The van der Waals surface area contributed by atoms with E-state index >= 15 is 0 Å². The third kappa shape index (κ3) is 2.43. The van der Waals surface area contributed by atoms with Gasteiger partial charge in [0.15, 0.2) is 0 Å². The van der Waals surface area contributed by atoms with Gasteiger partial charge >= 0.3 is 122 Å². The first kappa shape index (κ1) is 14.2. The molecule has 0 saturated carbocycles. The van der Waals surface area contributed by atoms with Crippen molar-refractivity contribution in [2.45, 2.75) is 22.0 Å². The zero-order valence-electron chi connectivity index (χ0n) is 8.99. The molecule has 1 aliphatic rings. The van der Waals surface area contributed by atoms with Gasteiger partial charge in [-0.2, -0.15) is 0 Å². The average Bonchev–Trinajstić information content (AvgIpc) is 2.61. The van der Waals surface area contributed by atoms with Gasteiger partial charge in [-0.05, 0) is 0 Å². The first-order valence-corrected chi connectivity index (χ1v) is 8.15. The molecule has 2 heterocycles. The van der Waals surface area contributed by atoms with Gasteiger partial charge in [-0.25, -0.2) is 0 Å². The maximum atomic E-state index is 11.7. The molecular formula is C9H11IN2O5Se. The Bertz CT molecular complexity index is 559. The molecule has 100 valence electrons. The van der Waals surface area contributed by atoms with E-state index in [2.05, 4.69) is 4.98 Å². The van der Waals surface area contributed by atoms with Crippen LogP contribution in [-0.4, -0.2) is 58.6 Å². The zero-order valence-corrected chi connectivity index (χ0v) is 12.9. The van der Waals surface area contributed by atoms with Gasteiger partial charge in [-0.15, -0.1) is 0 Å². The first-order valence-electron chi connectivity index (χ1n) is 5.09. The predicted octanol–water partition coefficient (Wildman–Crippen LogP) is -2.14. The Morgan fingerprint density at radius 2 is 2.06 bits per heavy atom. The Morgan fingerprint density at radius 1 is 1.39 bits per heavy atom. The second-order valence-corrected chi connectivity index (χ2v) is 7.89. The van der Waals surface area contributed by atoms with Crippen molar-refractivity contribution in [3.8, 4) is 0 Å². The van der Waals surface area contributed by atoms with E-state index in [1.807, 2.05) is 0 Å². The van der Waals surface area contributed by atoms with E-state index in [1.165, 1.54) is 10.8 Å². The van der Waals surface area contributed by atoms with Crippen LogP contribution in [0.25, 0.3) is 0 Å². The fourth-order valence-corrected chi connectivity index (χ4v) is 5.08. The molecule has 7 nitrogen and oxygen atoms in total.